The van der Waals surface area contributed by atoms with Crippen LogP contribution in [0.2, 0.25) is 0 Å². The Morgan fingerprint density at radius 3 is 2.41 bits per heavy atom. The zero-order valence-corrected chi connectivity index (χ0v) is 9.94. The molecular formula is C11H19F2N3O. The van der Waals surface area contributed by atoms with Crippen LogP contribution in [0, 0.1) is 0 Å². The van der Waals surface area contributed by atoms with E-state index in [1.165, 1.54) is 12.6 Å². The van der Waals surface area contributed by atoms with Crippen LogP contribution in [0.1, 0.15) is 50.3 Å². The van der Waals surface area contributed by atoms with Crippen molar-refractivity contribution in [2.75, 3.05) is 12.8 Å². The summed E-state index contributed by atoms with van der Waals surface area (Å²) in [7, 11) is 1.00. The van der Waals surface area contributed by atoms with Crippen LogP contribution in [0.3, 0.4) is 0 Å². The highest BCUT2D eigenvalue weighted by Crippen LogP contribution is 2.30. The SMILES string of the molecule is CO.Nc1cn(C2CCCCC2)nc1C(F)F. The van der Waals surface area contributed by atoms with Crippen molar-refractivity contribution in [2.45, 2.75) is 44.6 Å². The Balaban J connectivity index is 0.000000686. The topological polar surface area (TPSA) is 64.1 Å². The maximum absolute atomic E-state index is 12.5. The summed E-state index contributed by atoms with van der Waals surface area (Å²) in [6, 6.07) is 0.258. The van der Waals surface area contributed by atoms with Crippen molar-refractivity contribution in [3.63, 3.8) is 0 Å². The average Bonchev–Trinajstić information content (AvgIpc) is 2.75. The first kappa shape index (κ1) is 13.9. The Morgan fingerprint density at radius 1 is 1.35 bits per heavy atom. The Labute approximate surface area is 99.4 Å². The Bertz CT molecular complexity index is 335. The summed E-state index contributed by atoms with van der Waals surface area (Å²) in [5.74, 6) is 0. The molecule has 0 unspecified atom stereocenters. The van der Waals surface area contributed by atoms with Crippen molar-refractivity contribution in [1.82, 2.24) is 9.78 Å². The maximum Gasteiger partial charge on any atom is 0.284 e. The van der Waals surface area contributed by atoms with Gasteiger partial charge in [-0.15, -0.1) is 0 Å². The van der Waals surface area contributed by atoms with Crippen LogP contribution < -0.4 is 5.73 Å². The molecule has 1 fully saturated rings. The third-order valence-electron chi connectivity index (χ3n) is 2.95. The normalized spacial score (nSPS) is 16.8. The molecule has 0 amide bonds. The first-order valence-electron chi connectivity index (χ1n) is 5.76. The van der Waals surface area contributed by atoms with Gasteiger partial charge in [-0.25, -0.2) is 8.78 Å². The van der Waals surface area contributed by atoms with Crippen molar-refractivity contribution < 1.29 is 13.9 Å². The van der Waals surface area contributed by atoms with Gasteiger partial charge < -0.3 is 10.8 Å². The molecule has 2 rings (SSSR count). The number of rotatable bonds is 2. The fourth-order valence-electron chi connectivity index (χ4n) is 2.12. The molecule has 1 aromatic rings. The van der Waals surface area contributed by atoms with Crippen molar-refractivity contribution in [3.05, 3.63) is 11.9 Å². The number of aliphatic hydroxyl groups is 1. The fourth-order valence-corrected chi connectivity index (χ4v) is 2.12. The van der Waals surface area contributed by atoms with Crippen LogP contribution in [0.15, 0.2) is 6.20 Å². The lowest BCUT2D eigenvalue weighted by Gasteiger charge is -2.21. The molecule has 0 spiro atoms. The summed E-state index contributed by atoms with van der Waals surface area (Å²) in [6.45, 7) is 0. The van der Waals surface area contributed by atoms with Gasteiger partial charge in [-0.1, -0.05) is 19.3 Å². The summed E-state index contributed by atoms with van der Waals surface area (Å²) in [4.78, 5) is 0. The molecule has 0 radical (unpaired) electrons. The zero-order chi connectivity index (χ0) is 12.8. The van der Waals surface area contributed by atoms with E-state index in [0.29, 0.717) is 0 Å². The van der Waals surface area contributed by atoms with Gasteiger partial charge in [0.05, 0.1) is 11.7 Å². The van der Waals surface area contributed by atoms with Gasteiger partial charge in [-0.05, 0) is 12.8 Å². The van der Waals surface area contributed by atoms with E-state index < -0.39 is 6.43 Å². The molecule has 4 nitrogen and oxygen atoms in total. The number of aliphatic hydroxyl groups excluding tert-OH is 1. The summed E-state index contributed by atoms with van der Waals surface area (Å²) >= 11 is 0. The molecule has 0 aromatic carbocycles. The highest BCUT2D eigenvalue weighted by atomic mass is 19.3. The molecule has 1 saturated carbocycles. The predicted molar refractivity (Wildman–Crippen MR) is 61.9 cm³/mol. The number of alkyl halides is 2. The molecule has 0 atom stereocenters. The summed E-state index contributed by atoms with van der Waals surface area (Å²) in [6.07, 6.45) is 4.53. The van der Waals surface area contributed by atoms with Crippen LogP contribution in [0.5, 0.6) is 0 Å². The number of nitrogen functional groups attached to an aromatic ring is 1. The van der Waals surface area contributed by atoms with Gasteiger partial charge in [-0.2, -0.15) is 5.10 Å². The van der Waals surface area contributed by atoms with Crippen LogP contribution >= 0.6 is 0 Å². The molecule has 0 aliphatic heterocycles. The summed E-state index contributed by atoms with van der Waals surface area (Å²) < 4.78 is 26.5. The smallest absolute Gasteiger partial charge is 0.284 e. The third-order valence-corrected chi connectivity index (χ3v) is 2.95. The molecule has 1 heterocycles. The van der Waals surface area contributed by atoms with Gasteiger partial charge >= 0.3 is 0 Å². The van der Waals surface area contributed by atoms with E-state index in [1.807, 2.05) is 0 Å². The van der Waals surface area contributed by atoms with E-state index in [2.05, 4.69) is 5.10 Å². The Hall–Kier alpha value is -1.17. The minimum Gasteiger partial charge on any atom is -0.400 e. The molecular weight excluding hydrogens is 228 g/mol. The number of hydrogen-bond acceptors (Lipinski definition) is 3. The Kier molecular flexibility index (Phi) is 5.34. The second kappa shape index (κ2) is 6.54. The second-order valence-electron chi connectivity index (χ2n) is 4.04. The largest absolute Gasteiger partial charge is 0.400 e. The highest BCUT2D eigenvalue weighted by Gasteiger charge is 2.21. The number of anilines is 1. The van der Waals surface area contributed by atoms with Crippen LogP contribution in [-0.4, -0.2) is 22.0 Å². The van der Waals surface area contributed by atoms with Crippen molar-refractivity contribution in [2.24, 2.45) is 0 Å². The standard InChI is InChI=1S/C10H15F2N3.CH4O/c11-10(12)9-8(13)6-15(14-9)7-4-2-1-3-5-7;1-2/h6-7,10H,1-5,13H2;2H,1H3. The molecule has 0 saturated heterocycles. The van der Waals surface area contributed by atoms with Crippen LogP contribution in [-0.2, 0) is 0 Å². The minimum atomic E-state index is -2.57. The molecule has 1 aliphatic carbocycles. The minimum absolute atomic E-state index is 0.107. The van der Waals surface area contributed by atoms with E-state index in [-0.39, 0.29) is 17.4 Å². The monoisotopic (exact) mass is 247 g/mol. The first-order valence-corrected chi connectivity index (χ1v) is 5.76. The number of hydrogen-bond donors (Lipinski definition) is 2. The number of halogens is 2. The number of nitrogens with zero attached hydrogens (tertiary/aromatic N) is 2. The third kappa shape index (κ3) is 3.39. The van der Waals surface area contributed by atoms with Gasteiger partial charge in [0.25, 0.3) is 6.43 Å². The van der Waals surface area contributed by atoms with E-state index in [9.17, 15) is 8.78 Å². The van der Waals surface area contributed by atoms with Gasteiger partial charge in [0.1, 0.15) is 0 Å². The molecule has 1 aliphatic rings. The quantitative estimate of drug-likeness (QED) is 0.844. The highest BCUT2D eigenvalue weighted by molar-refractivity contribution is 5.41. The summed E-state index contributed by atoms with van der Waals surface area (Å²) in [5, 5.41) is 10.9. The maximum atomic E-state index is 12.5. The van der Waals surface area contributed by atoms with Gasteiger partial charge in [0.15, 0.2) is 5.69 Å². The van der Waals surface area contributed by atoms with Gasteiger partial charge in [0.2, 0.25) is 0 Å². The molecule has 98 valence electrons. The molecule has 17 heavy (non-hydrogen) atoms. The van der Waals surface area contributed by atoms with E-state index >= 15 is 0 Å². The van der Waals surface area contributed by atoms with Crippen LogP contribution in [0.25, 0.3) is 0 Å². The fraction of sp³-hybridized carbons (Fsp3) is 0.727. The lowest BCUT2D eigenvalue weighted by atomic mass is 9.96. The lowest BCUT2D eigenvalue weighted by Crippen LogP contribution is -2.13. The van der Waals surface area contributed by atoms with Gasteiger partial charge in [-0.3, -0.25) is 4.68 Å². The first-order chi connectivity index (χ1) is 8.18. The number of nitrogens with two attached hydrogens (primary N) is 1. The molecule has 0 bridgehead atoms. The molecule has 3 N–H and O–H groups in total. The van der Waals surface area contributed by atoms with Crippen LogP contribution in [0.4, 0.5) is 14.5 Å². The number of aromatic nitrogens is 2. The zero-order valence-electron chi connectivity index (χ0n) is 9.94. The van der Waals surface area contributed by atoms with E-state index in [0.717, 1.165) is 32.8 Å². The lowest BCUT2D eigenvalue weighted by molar-refractivity contribution is 0.144. The van der Waals surface area contributed by atoms with Gasteiger partial charge in [0, 0.05) is 13.3 Å². The molecule has 1 aromatic heterocycles. The van der Waals surface area contributed by atoms with Crippen molar-refractivity contribution in [3.8, 4) is 0 Å². The predicted octanol–water partition coefficient (Wildman–Crippen LogP) is 2.52. The average molecular weight is 247 g/mol. The van der Waals surface area contributed by atoms with Crippen molar-refractivity contribution >= 4 is 5.69 Å². The van der Waals surface area contributed by atoms with E-state index in [1.54, 1.807) is 4.68 Å². The Morgan fingerprint density at radius 2 is 1.94 bits per heavy atom. The van der Waals surface area contributed by atoms with E-state index in [4.69, 9.17) is 10.8 Å². The second-order valence-corrected chi connectivity index (χ2v) is 4.04. The summed E-state index contributed by atoms with van der Waals surface area (Å²) in [5.41, 5.74) is 5.32. The van der Waals surface area contributed by atoms with Crippen molar-refractivity contribution in [1.29, 1.82) is 0 Å². The molecule has 6 heteroatoms.